The van der Waals surface area contributed by atoms with E-state index in [2.05, 4.69) is 17.1 Å². The zero-order valence-corrected chi connectivity index (χ0v) is 10.2. The first-order valence-electron chi connectivity index (χ1n) is 5.81. The first kappa shape index (κ1) is 12.9. The number of hydrogen-bond acceptors (Lipinski definition) is 4. The maximum absolute atomic E-state index is 5.68. The van der Waals surface area contributed by atoms with Crippen LogP contribution in [-0.4, -0.2) is 64.1 Å². The summed E-state index contributed by atoms with van der Waals surface area (Å²) in [6, 6.07) is 0.540. The van der Waals surface area contributed by atoms with E-state index in [1.165, 1.54) is 0 Å². The van der Waals surface area contributed by atoms with Crippen LogP contribution in [0.15, 0.2) is 0 Å². The average molecular weight is 216 g/mol. The molecule has 0 aromatic rings. The summed E-state index contributed by atoms with van der Waals surface area (Å²) in [4.78, 5) is 2.48. The zero-order valence-electron chi connectivity index (χ0n) is 10.2. The average Bonchev–Trinajstić information content (AvgIpc) is 2.27. The molecule has 1 aliphatic heterocycles. The second kappa shape index (κ2) is 7.17. The van der Waals surface area contributed by atoms with Crippen LogP contribution in [-0.2, 0) is 9.47 Å². The molecule has 1 rings (SSSR count). The van der Waals surface area contributed by atoms with Crippen LogP contribution in [0.3, 0.4) is 0 Å². The van der Waals surface area contributed by atoms with Gasteiger partial charge in [0.05, 0.1) is 19.3 Å². The molecule has 0 aliphatic carbocycles. The predicted molar refractivity (Wildman–Crippen MR) is 61.2 cm³/mol. The lowest BCUT2D eigenvalue weighted by Gasteiger charge is -2.37. The third-order valence-electron chi connectivity index (χ3n) is 2.95. The van der Waals surface area contributed by atoms with Crippen LogP contribution >= 0.6 is 0 Å². The van der Waals surface area contributed by atoms with Gasteiger partial charge in [0.25, 0.3) is 0 Å². The summed E-state index contributed by atoms with van der Waals surface area (Å²) < 4.78 is 10.9. The molecule has 0 aromatic carbocycles. The lowest BCUT2D eigenvalue weighted by molar-refractivity contribution is -0.0522. The van der Waals surface area contributed by atoms with Crippen molar-refractivity contribution in [1.29, 1.82) is 0 Å². The summed E-state index contributed by atoms with van der Waals surface area (Å²) in [6.07, 6.45) is 1.47. The van der Waals surface area contributed by atoms with Gasteiger partial charge in [-0.2, -0.15) is 0 Å². The molecule has 1 saturated heterocycles. The number of hydrogen-bond donors (Lipinski definition) is 1. The van der Waals surface area contributed by atoms with E-state index in [-0.39, 0.29) is 0 Å². The van der Waals surface area contributed by atoms with E-state index in [0.29, 0.717) is 12.1 Å². The number of morpholine rings is 1. The van der Waals surface area contributed by atoms with Gasteiger partial charge >= 0.3 is 0 Å². The van der Waals surface area contributed by atoms with Crippen LogP contribution in [0.1, 0.15) is 13.3 Å². The standard InChI is InChI=1S/C11H24N2O2/c1-4-10(9-14-3)13-5-6-15-11(8-13)7-12-2/h10-12H,4-9H2,1-3H3. The fourth-order valence-corrected chi connectivity index (χ4v) is 2.10. The minimum atomic E-state index is 0.328. The first-order chi connectivity index (χ1) is 7.31. The largest absolute Gasteiger partial charge is 0.383 e. The van der Waals surface area contributed by atoms with Crippen molar-refractivity contribution in [2.45, 2.75) is 25.5 Å². The number of ether oxygens (including phenoxy) is 2. The van der Waals surface area contributed by atoms with Crippen LogP contribution in [0, 0.1) is 0 Å². The second-order valence-corrected chi connectivity index (χ2v) is 4.06. The lowest BCUT2D eigenvalue weighted by Crippen LogP contribution is -2.51. The topological polar surface area (TPSA) is 33.7 Å². The third kappa shape index (κ3) is 4.07. The summed E-state index contributed by atoms with van der Waals surface area (Å²) in [7, 11) is 3.74. The molecule has 1 heterocycles. The van der Waals surface area contributed by atoms with Gasteiger partial charge in [-0.3, -0.25) is 4.90 Å². The van der Waals surface area contributed by atoms with Crippen molar-refractivity contribution < 1.29 is 9.47 Å². The Kier molecular flexibility index (Phi) is 6.17. The number of rotatable bonds is 6. The van der Waals surface area contributed by atoms with Crippen LogP contribution in [0.25, 0.3) is 0 Å². The number of likely N-dealkylation sites (N-methyl/N-ethyl adjacent to an activating group) is 1. The Morgan fingerprint density at radius 1 is 1.60 bits per heavy atom. The van der Waals surface area contributed by atoms with E-state index in [1.54, 1.807) is 7.11 Å². The Morgan fingerprint density at radius 2 is 2.40 bits per heavy atom. The van der Waals surface area contributed by atoms with Gasteiger partial charge in [0.2, 0.25) is 0 Å². The molecule has 15 heavy (non-hydrogen) atoms. The first-order valence-corrected chi connectivity index (χ1v) is 5.81. The Labute approximate surface area is 92.9 Å². The molecular formula is C11H24N2O2. The van der Waals surface area contributed by atoms with E-state index in [0.717, 1.165) is 39.3 Å². The van der Waals surface area contributed by atoms with Crippen LogP contribution in [0.5, 0.6) is 0 Å². The van der Waals surface area contributed by atoms with Gasteiger partial charge < -0.3 is 14.8 Å². The van der Waals surface area contributed by atoms with Crippen molar-refractivity contribution >= 4 is 0 Å². The van der Waals surface area contributed by atoms with Crippen LogP contribution < -0.4 is 5.32 Å². The maximum Gasteiger partial charge on any atom is 0.0826 e. The van der Waals surface area contributed by atoms with E-state index in [1.807, 2.05) is 7.05 Å². The molecule has 0 bridgehead atoms. The Bertz CT molecular complexity index is 165. The summed E-state index contributed by atoms with van der Waals surface area (Å²) in [5.74, 6) is 0. The highest BCUT2D eigenvalue weighted by Gasteiger charge is 2.24. The molecule has 90 valence electrons. The molecule has 0 radical (unpaired) electrons. The molecule has 4 nitrogen and oxygen atoms in total. The quantitative estimate of drug-likeness (QED) is 0.694. The van der Waals surface area contributed by atoms with Crippen LogP contribution in [0.2, 0.25) is 0 Å². The highest BCUT2D eigenvalue weighted by Crippen LogP contribution is 2.11. The molecule has 0 spiro atoms. The van der Waals surface area contributed by atoms with E-state index in [4.69, 9.17) is 9.47 Å². The van der Waals surface area contributed by atoms with Crippen molar-refractivity contribution in [3.8, 4) is 0 Å². The molecule has 4 heteroatoms. The van der Waals surface area contributed by atoms with Crippen molar-refractivity contribution in [2.75, 3.05) is 47.0 Å². The van der Waals surface area contributed by atoms with E-state index < -0.39 is 0 Å². The molecule has 1 aliphatic rings. The van der Waals surface area contributed by atoms with Crippen molar-refractivity contribution in [3.63, 3.8) is 0 Å². The minimum absolute atomic E-state index is 0.328. The monoisotopic (exact) mass is 216 g/mol. The molecule has 1 fully saturated rings. The fourth-order valence-electron chi connectivity index (χ4n) is 2.10. The second-order valence-electron chi connectivity index (χ2n) is 4.06. The van der Waals surface area contributed by atoms with Crippen LogP contribution in [0.4, 0.5) is 0 Å². The smallest absolute Gasteiger partial charge is 0.0826 e. The molecule has 2 atom stereocenters. The number of methoxy groups -OCH3 is 1. The Hall–Kier alpha value is -0.160. The van der Waals surface area contributed by atoms with Crippen molar-refractivity contribution in [2.24, 2.45) is 0 Å². The van der Waals surface area contributed by atoms with Gasteiger partial charge in [-0.15, -0.1) is 0 Å². The van der Waals surface area contributed by atoms with Gasteiger partial charge in [-0.1, -0.05) is 6.92 Å². The SMILES string of the molecule is CCC(COC)N1CCOC(CNC)C1. The predicted octanol–water partition coefficient (Wildman–Crippen LogP) is 0.332. The summed E-state index contributed by atoms with van der Waals surface area (Å²) in [5, 5.41) is 3.16. The summed E-state index contributed by atoms with van der Waals surface area (Å²) in [5.41, 5.74) is 0. The normalized spacial score (nSPS) is 25.4. The zero-order chi connectivity index (χ0) is 11.1. The van der Waals surface area contributed by atoms with Gasteiger partial charge in [-0.05, 0) is 13.5 Å². The molecule has 0 saturated carbocycles. The van der Waals surface area contributed by atoms with Gasteiger partial charge in [0.1, 0.15) is 0 Å². The van der Waals surface area contributed by atoms with E-state index >= 15 is 0 Å². The third-order valence-corrected chi connectivity index (χ3v) is 2.95. The highest BCUT2D eigenvalue weighted by atomic mass is 16.5. The number of nitrogens with one attached hydrogen (secondary N) is 1. The molecular weight excluding hydrogens is 192 g/mol. The summed E-state index contributed by atoms with van der Waals surface area (Å²) in [6.45, 7) is 6.85. The molecule has 0 amide bonds. The fraction of sp³-hybridized carbons (Fsp3) is 1.00. The van der Waals surface area contributed by atoms with Crippen molar-refractivity contribution in [1.82, 2.24) is 10.2 Å². The Balaban J connectivity index is 2.39. The van der Waals surface area contributed by atoms with Gasteiger partial charge in [0, 0.05) is 32.8 Å². The molecule has 1 N–H and O–H groups in total. The number of nitrogens with zero attached hydrogens (tertiary/aromatic N) is 1. The minimum Gasteiger partial charge on any atom is -0.383 e. The molecule has 2 unspecified atom stereocenters. The van der Waals surface area contributed by atoms with E-state index in [9.17, 15) is 0 Å². The Morgan fingerprint density at radius 3 is 3.00 bits per heavy atom. The maximum atomic E-state index is 5.68. The van der Waals surface area contributed by atoms with Gasteiger partial charge in [0.15, 0.2) is 0 Å². The van der Waals surface area contributed by atoms with Gasteiger partial charge in [-0.25, -0.2) is 0 Å². The van der Waals surface area contributed by atoms with Crippen molar-refractivity contribution in [3.05, 3.63) is 0 Å². The molecule has 0 aromatic heterocycles. The summed E-state index contributed by atoms with van der Waals surface area (Å²) >= 11 is 0. The highest BCUT2D eigenvalue weighted by molar-refractivity contribution is 4.78. The lowest BCUT2D eigenvalue weighted by atomic mass is 10.1.